The molecule has 0 saturated heterocycles. The fourth-order valence-electron chi connectivity index (χ4n) is 0. The van der Waals surface area contributed by atoms with E-state index >= 15 is 0 Å². The second kappa shape index (κ2) is 245. The van der Waals surface area contributed by atoms with Crippen molar-refractivity contribution < 1.29 is 70.6 Å². The van der Waals surface area contributed by atoms with Crippen molar-refractivity contribution >= 4 is 0 Å². The van der Waals surface area contributed by atoms with Gasteiger partial charge >= 0.3 is 0 Å². The molecule has 0 aliphatic heterocycles. The fraction of sp³-hybridized carbons (Fsp3) is 0. The van der Waals surface area contributed by atoms with E-state index in [1.54, 1.807) is 0 Å². The summed E-state index contributed by atoms with van der Waals surface area (Å²) in [5, 5.41) is 0. The van der Waals surface area contributed by atoms with E-state index < -0.39 is 0 Å². The van der Waals surface area contributed by atoms with Crippen molar-refractivity contribution in [2.24, 2.45) is 0 Å². The molecule has 0 aliphatic carbocycles. The first kappa shape index (κ1) is 380. The summed E-state index contributed by atoms with van der Waals surface area (Å²) in [5.74, 6) is 0. The number of hydrogen-bond donors (Lipinski definition) is 0. The van der Waals surface area contributed by atoms with Crippen molar-refractivity contribution in [1.29, 1.82) is 0 Å². The van der Waals surface area contributed by atoms with Crippen molar-refractivity contribution in [2.45, 2.75) is 0 Å². The molecule has 0 bridgehead atoms. The quantitative estimate of drug-likeness (QED) is 0.318. The third kappa shape index (κ3) is 170. The summed E-state index contributed by atoms with van der Waals surface area (Å²) in [6.07, 6.45) is 0. The summed E-state index contributed by atoms with van der Waals surface area (Å²) in [7, 11) is 0. The molecular weight excluding hydrogens is 136 g/mol. The van der Waals surface area contributed by atoms with Gasteiger partial charge in [-0.2, -0.15) is 0 Å². The molecule has 12 N–H and O–H groups in total. The van der Waals surface area contributed by atoms with Crippen LogP contribution >= 0.6 is 0 Å². The van der Waals surface area contributed by atoms with E-state index in [1.165, 1.54) is 0 Å². The molecule has 7 heavy (non-hydrogen) atoms. The standard InChI is InChI=1S/Ar.6H2O/h;6*1H2. The van der Waals surface area contributed by atoms with Crippen molar-refractivity contribution in [1.82, 2.24) is 0 Å². The van der Waals surface area contributed by atoms with E-state index in [2.05, 4.69) is 0 Å². The van der Waals surface area contributed by atoms with Crippen LogP contribution in [-0.2, 0) is 0 Å². The van der Waals surface area contributed by atoms with Crippen molar-refractivity contribution in [3.63, 3.8) is 0 Å². The monoisotopic (exact) mass is 148 g/mol. The van der Waals surface area contributed by atoms with Crippen molar-refractivity contribution in [2.75, 3.05) is 0 Å². The molecule has 0 aromatic rings. The predicted octanol–water partition coefficient (Wildman–Crippen LogP) is -4.95. The molecule has 0 unspecified atom stereocenters. The molecule has 0 fully saturated rings. The summed E-state index contributed by atoms with van der Waals surface area (Å²) in [6, 6.07) is 0. The zero-order valence-corrected chi connectivity index (χ0v) is 4.06. The van der Waals surface area contributed by atoms with Gasteiger partial charge in [0.2, 0.25) is 0 Å². The Labute approximate surface area is 70.4 Å². The third-order valence-electron chi connectivity index (χ3n) is 0. The second-order valence-electron chi connectivity index (χ2n) is 0. The molecule has 7 heteroatoms. The second-order valence-corrected chi connectivity index (χ2v) is 0. The molecule has 0 spiro atoms. The maximum absolute atomic E-state index is 0. The van der Waals surface area contributed by atoms with Crippen LogP contribution in [-0.4, -0.2) is 32.9 Å². The molecule has 56 valence electrons. The van der Waals surface area contributed by atoms with Gasteiger partial charge in [-0.3, -0.25) is 0 Å². The Hall–Kier alpha value is 1.02. The molecule has 6 nitrogen and oxygen atoms in total. The van der Waals surface area contributed by atoms with Crippen LogP contribution in [0.2, 0.25) is 0 Å². The van der Waals surface area contributed by atoms with E-state index in [0.717, 1.165) is 0 Å². The number of hydrogen-bond acceptors (Lipinski definition) is 0. The first-order chi connectivity index (χ1) is 0. The van der Waals surface area contributed by atoms with Gasteiger partial charge in [0, 0.05) is 37.7 Å². The van der Waals surface area contributed by atoms with Gasteiger partial charge in [0.05, 0.1) is 0 Å². The van der Waals surface area contributed by atoms with Crippen LogP contribution in [0.1, 0.15) is 0 Å². The molecule has 0 aromatic carbocycles. The average Bonchev–Trinajstić information content (AvgIpc) is 0. The SMILES string of the molecule is O.O.O.O.O.O.[Ar]. The first-order valence-electron chi connectivity index (χ1n) is 0. The van der Waals surface area contributed by atoms with E-state index in [9.17, 15) is 0 Å². The minimum atomic E-state index is 0. The van der Waals surface area contributed by atoms with Gasteiger partial charge in [0.15, 0.2) is 0 Å². The predicted molar refractivity (Wildman–Crippen MR) is 21.7 cm³/mol. The van der Waals surface area contributed by atoms with Gasteiger partial charge in [0.25, 0.3) is 0 Å². The van der Waals surface area contributed by atoms with Crippen LogP contribution in [0.3, 0.4) is 0 Å². The van der Waals surface area contributed by atoms with Crippen LogP contribution in [0.15, 0.2) is 0 Å². The normalized spacial score (nSPS) is 0. The molecule has 0 rings (SSSR count). The molecule has 0 atom stereocenters. The number of rotatable bonds is 0. The fourth-order valence-corrected chi connectivity index (χ4v) is 0. The summed E-state index contributed by atoms with van der Waals surface area (Å²) < 4.78 is 0. The maximum atomic E-state index is 0. The molecule has 0 saturated carbocycles. The van der Waals surface area contributed by atoms with Gasteiger partial charge in [-0.05, 0) is 0 Å². The Kier molecular flexibility index (Phi) is 13300. The first-order valence-corrected chi connectivity index (χ1v) is 0. The zero-order valence-electron chi connectivity index (χ0n) is 3.35. The van der Waals surface area contributed by atoms with Gasteiger partial charge in [0.1, 0.15) is 0 Å². The van der Waals surface area contributed by atoms with Gasteiger partial charge in [-0.25, -0.2) is 0 Å². The van der Waals surface area contributed by atoms with Crippen molar-refractivity contribution in [3.05, 3.63) is 0 Å². The smallest absolute Gasteiger partial charge is 0 e. The van der Waals surface area contributed by atoms with Crippen LogP contribution in [0.4, 0.5) is 0 Å². The Balaban J connectivity index is 0. The van der Waals surface area contributed by atoms with Gasteiger partial charge in [-0.15, -0.1) is 0 Å². The van der Waals surface area contributed by atoms with Crippen molar-refractivity contribution in [3.8, 4) is 0 Å². The van der Waals surface area contributed by atoms with Crippen LogP contribution in [0.5, 0.6) is 0 Å². The largest absolute Gasteiger partial charge is 0.412 e. The summed E-state index contributed by atoms with van der Waals surface area (Å²) >= 11 is 0. The minimum absolute atomic E-state index is 0. The van der Waals surface area contributed by atoms with Gasteiger partial charge in [-0.1, -0.05) is 0 Å². The molecule has 0 aromatic heterocycles. The molecule has 0 heterocycles. The van der Waals surface area contributed by atoms with Gasteiger partial charge < -0.3 is 32.9 Å². The summed E-state index contributed by atoms with van der Waals surface area (Å²) in [4.78, 5) is 0. The zero-order chi connectivity index (χ0) is 0. The van der Waals surface area contributed by atoms with E-state index in [1.807, 2.05) is 0 Å². The molecular formula is H12ArO6. The van der Waals surface area contributed by atoms with E-state index in [4.69, 9.17) is 0 Å². The van der Waals surface area contributed by atoms with Crippen LogP contribution in [0.25, 0.3) is 0 Å². The molecule has 0 radical (unpaired) electrons. The Morgan fingerprint density at radius 3 is 0.286 bits per heavy atom. The van der Waals surface area contributed by atoms with E-state index in [-0.39, 0.29) is 70.6 Å². The minimum Gasteiger partial charge on any atom is -0.412 e. The Bertz CT molecular complexity index is 4.14. The van der Waals surface area contributed by atoms with Crippen LogP contribution < -0.4 is 0 Å². The Morgan fingerprint density at radius 1 is 0.286 bits per heavy atom. The summed E-state index contributed by atoms with van der Waals surface area (Å²) in [5.41, 5.74) is 0. The van der Waals surface area contributed by atoms with Crippen LogP contribution in [0, 0.1) is 37.7 Å². The molecule has 0 amide bonds. The topological polar surface area (TPSA) is 189 Å². The molecule has 0 aliphatic rings. The average molecular weight is 148 g/mol. The van der Waals surface area contributed by atoms with E-state index in [0.29, 0.717) is 0 Å². The third-order valence-corrected chi connectivity index (χ3v) is 0. The summed E-state index contributed by atoms with van der Waals surface area (Å²) in [6.45, 7) is 0. The Morgan fingerprint density at radius 2 is 0.286 bits per heavy atom. The maximum Gasteiger partial charge on any atom is 0 e.